The van der Waals surface area contributed by atoms with E-state index in [0.29, 0.717) is 44.8 Å². The van der Waals surface area contributed by atoms with E-state index in [4.69, 9.17) is 22.1 Å². The Morgan fingerprint density at radius 1 is 0.667 bits per heavy atom. The molecule has 0 spiro atoms. The Kier molecular flexibility index (Phi) is 16.4. The summed E-state index contributed by atoms with van der Waals surface area (Å²) in [5, 5.41) is 5.81. The summed E-state index contributed by atoms with van der Waals surface area (Å²) in [6, 6.07) is 2.40. The first kappa shape index (κ1) is 29.2. The largest absolute Gasteiger partial charge is 0.500 e. The number of hydrogen-bond donors (Lipinski definition) is 2. The van der Waals surface area contributed by atoms with Crippen LogP contribution in [0, 0.1) is 0 Å². The number of amides is 2. The second-order valence-electron chi connectivity index (χ2n) is 7.08. The lowest BCUT2D eigenvalue weighted by Gasteiger charge is -2.25. The van der Waals surface area contributed by atoms with Crippen molar-refractivity contribution < 1.29 is 31.7 Å². The molecule has 0 aliphatic rings. The number of hydrogen-bond acceptors (Lipinski definition) is 7. The Morgan fingerprint density at radius 2 is 1.10 bits per heavy atom. The number of unbranched alkanes of at least 4 members (excludes halogenated alkanes) is 1. The van der Waals surface area contributed by atoms with Gasteiger partial charge in [0.2, 0.25) is 11.8 Å². The first-order valence-corrected chi connectivity index (χ1v) is 14.8. The van der Waals surface area contributed by atoms with E-state index in [1.807, 2.05) is 0 Å². The Hall–Kier alpha value is -0.826. The summed E-state index contributed by atoms with van der Waals surface area (Å²) in [4.78, 5) is 23.8. The lowest BCUT2D eigenvalue weighted by molar-refractivity contribution is -0.123. The first-order valence-electron chi connectivity index (χ1n) is 10.7. The molecule has 2 amide bonds. The minimum absolute atomic E-state index is 0.00470. The Morgan fingerprint density at radius 3 is 1.47 bits per heavy atom. The van der Waals surface area contributed by atoms with Crippen molar-refractivity contribution in [3.05, 3.63) is 0 Å². The Labute approximate surface area is 184 Å². The van der Waals surface area contributed by atoms with Crippen LogP contribution >= 0.6 is 0 Å². The first-order chi connectivity index (χ1) is 14.4. The smallest absolute Gasteiger partial charge is 0.398 e. The van der Waals surface area contributed by atoms with Crippen molar-refractivity contribution in [3.63, 3.8) is 0 Å². The van der Waals surface area contributed by atoms with Crippen molar-refractivity contribution >= 4 is 29.2 Å². The van der Waals surface area contributed by atoms with Gasteiger partial charge in [-0.25, -0.2) is 0 Å². The molecular weight excluding hydrogens is 424 g/mol. The van der Waals surface area contributed by atoms with Gasteiger partial charge in [0.15, 0.2) is 0 Å². The van der Waals surface area contributed by atoms with E-state index in [-0.39, 0.29) is 11.8 Å². The van der Waals surface area contributed by atoms with Gasteiger partial charge in [-0.1, -0.05) is 6.92 Å². The van der Waals surface area contributed by atoms with Crippen LogP contribution in [-0.4, -0.2) is 77.8 Å². The lowest BCUT2D eigenvalue weighted by atomic mass is 10.2. The molecule has 0 aliphatic carbocycles. The molecule has 0 bridgehead atoms. The third-order valence-electron chi connectivity index (χ3n) is 5.31. The maximum Gasteiger partial charge on any atom is 0.500 e. The second-order valence-corrected chi connectivity index (χ2v) is 14.0. The van der Waals surface area contributed by atoms with E-state index in [2.05, 4.69) is 17.6 Å². The highest BCUT2D eigenvalue weighted by Crippen LogP contribution is 2.18. The zero-order valence-corrected chi connectivity index (χ0v) is 21.6. The van der Waals surface area contributed by atoms with Crippen LogP contribution in [0.15, 0.2) is 0 Å². The monoisotopic (exact) mass is 466 g/mol. The molecule has 2 N–H and O–H groups in total. The van der Waals surface area contributed by atoms with Crippen molar-refractivity contribution in [3.8, 4) is 0 Å². The van der Waals surface area contributed by atoms with Gasteiger partial charge in [-0.15, -0.1) is 0 Å². The third kappa shape index (κ3) is 11.5. The van der Waals surface area contributed by atoms with Gasteiger partial charge in [0.25, 0.3) is 0 Å². The predicted octanol–water partition coefficient (Wildman–Crippen LogP) is 2.19. The fraction of sp³-hybridized carbons (Fsp3) is 0.895. The summed E-state index contributed by atoms with van der Waals surface area (Å²) in [7, 11) is 3.47. The van der Waals surface area contributed by atoms with Crippen LogP contribution in [0.2, 0.25) is 18.1 Å². The summed E-state index contributed by atoms with van der Waals surface area (Å²) in [6.45, 7) is 3.24. The molecule has 0 aromatic rings. The molecule has 0 rings (SSSR count). The highest BCUT2D eigenvalue weighted by Gasteiger charge is 2.36. The van der Waals surface area contributed by atoms with Gasteiger partial charge in [-0.05, 0) is 37.8 Å². The normalized spacial score (nSPS) is 12.1. The summed E-state index contributed by atoms with van der Waals surface area (Å²) < 4.78 is 27.2. The number of carbonyl (C=O) groups excluding carboxylic acids is 2. The van der Waals surface area contributed by atoms with E-state index < -0.39 is 17.4 Å². The molecule has 11 heteroatoms. The van der Waals surface area contributed by atoms with Gasteiger partial charge in [0, 0.05) is 67.5 Å². The van der Waals surface area contributed by atoms with E-state index in [1.165, 1.54) is 0 Å². The Balaban J connectivity index is 3.79. The van der Waals surface area contributed by atoms with Crippen LogP contribution in [0.1, 0.15) is 45.4 Å². The molecule has 0 aromatic carbocycles. The van der Waals surface area contributed by atoms with E-state index in [0.717, 1.165) is 24.9 Å². The molecule has 0 saturated heterocycles. The highest BCUT2D eigenvalue weighted by atomic mass is 28.4. The highest BCUT2D eigenvalue weighted by molar-refractivity contribution is 6.67. The Bertz CT molecular complexity index is 417. The van der Waals surface area contributed by atoms with E-state index >= 15 is 0 Å². The quantitative estimate of drug-likeness (QED) is 0.222. The summed E-state index contributed by atoms with van der Waals surface area (Å²) in [5.41, 5.74) is 0. The SMILES string of the molecule is CC[Si](CCCNC(=O)CCCCC(=O)NCCC[Si](OC)(OC)OC)(OC)OC. The summed E-state index contributed by atoms with van der Waals surface area (Å²) >= 11 is 0. The van der Waals surface area contributed by atoms with E-state index in [9.17, 15) is 9.59 Å². The van der Waals surface area contributed by atoms with Crippen LogP contribution < -0.4 is 10.6 Å². The fourth-order valence-corrected chi connectivity index (χ4v) is 7.12. The van der Waals surface area contributed by atoms with Crippen molar-refractivity contribution in [2.75, 3.05) is 48.6 Å². The molecule has 9 nitrogen and oxygen atoms in total. The molecule has 0 saturated carbocycles. The maximum absolute atomic E-state index is 11.9. The van der Waals surface area contributed by atoms with Crippen molar-refractivity contribution in [2.24, 2.45) is 0 Å². The molecule has 178 valence electrons. The molecule has 0 atom stereocenters. The van der Waals surface area contributed by atoms with Crippen LogP contribution in [0.5, 0.6) is 0 Å². The molecule has 0 aliphatic heterocycles. The van der Waals surface area contributed by atoms with Crippen LogP contribution in [0.25, 0.3) is 0 Å². The minimum atomic E-state index is -2.57. The van der Waals surface area contributed by atoms with Crippen LogP contribution in [0.3, 0.4) is 0 Å². The van der Waals surface area contributed by atoms with Crippen LogP contribution in [0.4, 0.5) is 0 Å². The zero-order chi connectivity index (χ0) is 22.9. The topological polar surface area (TPSA) is 104 Å². The molecule has 0 heterocycles. The summed E-state index contributed by atoms with van der Waals surface area (Å²) in [6.07, 6.45) is 3.80. The molecular formula is C19H42N2O7Si2. The van der Waals surface area contributed by atoms with Gasteiger partial charge in [0.05, 0.1) is 0 Å². The van der Waals surface area contributed by atoms with Gasteiger partial charge >= 0.3 is 17.4 Å². The van der Waals surface area contributed by atoms with Crippen molar-refractivity contribution in [1.82, 2.24) is 10.6 Å². The van der Waals surface area contributed by atoms with Gasteiger partial charge in [0.1, 0.15) is 0 Å². The number of rotatable bonds is 19. The summed E-state index contributed by atoms with van der Waals surface area (Å²) in [5.74, 6) is 0.0175. The lowest BCUT2D eigenvalue weighted by Crippen LogP contribution is -2.43. The third-order valence-corrected chi connectivity index (χ3v) is 11.8. The van der Waals surface area contributed by atoms with Crippen LogP contribution in [-0.2, 0) is 31.7 Å². The van der Waals surface area contributed by atoms with Gasteiger partial charge in [-0.2, -0.15) is 0 Å². The van der Waals surface area contributed by atoms with Gasteiger partial charge in [-0.3, -0.25) is 9.59 Å². The van der Waals surface area contributed by atoms with E-state index in [1.54, 1.807) is 35.5 Å². The zero-order valence-electron chi connectivity index (χ0n) is 19.6. The minimum Gasteiger partial charge on any atom is -0.398 e. The molecule has 0 radical (unpaired) electrons. The van der Waals surface area contributed by atoms with Crippen molar-refractivity contribution in [1.29, 1.82) is 0 Å². The average molecular weight is 467 g/mol. The maximum atomic E-state index is 11.9. The second kappa shape index (κ2) is 16.8. The van der Waals surface area contributed by atoms with Gasteiger partial charge < -0.3 is 32.8 Å². The molecule has 0 aromatic heterocycles. The average Bonchev–Trinajstić information content (AvgIpc) is 2.78. The molecule has 30 heavy (non-hydrogen) atoms. The molecule has 0 unspecified atom stereocenters. The molecule has 0 fully saturated rings. The standard InChI is InChI=1S/C19H42N2O7Si2/c1-7-29(24-2,25-3)16-10-14-20-18(22)12-8-9-13-19(23)21-15-11-17-30(26-4,27-5)28-6/h7-17H2,1-6H3,(H,20,22)(H,21,23). The fourth-order valence-electron chi connectivity index (χ4n) is 3.18. The number of carbonyl (C=O) groups is 2. The number of nitrogens with one attached hydrogen (secondary N) is 2. The van der Waals surface area contributed by atoms with Crippen molar-refractivity contribution in [2.45, 2.75) is 63.6 Å². The predicted molar refractivity (Wildman–Crippen MR) is 120 cm³/mol.